The molecule has 110 valence electrons. The van der Waals surface area contributed by atoms with Gasteiger partial charge in [0, 0.05) is 23.8 Å². The van der Waals surface area contributed by atoms with Crippen LogP contribution in [0.4, 0.5) is 0 Å². The highest BCUT2D eigenvalue weighted by molar-refractivity contribution is 6.30. The molecule has 1 aromatic carbocycles. The lowest BCUT2D eigenvalue weighted by Gasteiger charge is -2.15. The topological polar surface area (TPSA) is 83.5 Å². The van der Waals surface area contributed by atoms with Gasteiger partial charge in [0.15, 0.2) is 5.84 Å². The first kappa shape index (κ1) is 15.3. The highest BCUT2D eigenvalue weighted by atomic mass is 35.5. The summed E-state index contributed by atoms with van der Waals surface area (Å²) in [6.07, 6.45) is 1.61. The molecule has 5 nitrogen and oxygen atoms in total. The summed E-state index contributed by atoms with van der Waals surface area (Å²) in [4.78, 5) is 4.14. The lowest BCUT2D eigenvalue weighted by atomic mass is 10.1. The minimum Gasteiger partial charge on any atom is -0.409 e. The third-order valence-electron chi connectivity index (χ3n) is 3.21. The third kappa shape index (κ3) is 3.93. The fourth-order valence-electron chi connectivity index (χ4n) is 1.99. The van der Waals surface area contributed by atoms with Crippen LogP contribution in [-0.4, -0.2) is 16.0 Å². The van der Waals surface area contributed by atoms with Gasteiger partial charge in [-0.05, 0) is 36.2 Å². The SMILES string of the molecule is C[C@@H](NCc1cccnc1/C(N)=N/O)c1ccc(Cl)cc1. The number of nitrogens with zero attached hydrogens (tertiary/aromatic N) is 2. The van der Waals surface area contributed by atoms with E-state index < -0.39 is 0 Å². The molecule has 1 atom stereocenters. The Morgan fingerprint density at radius 2 is 2.10 bits per heavy atom. The maximum Gasteiger partial charge on any atom is 0.189 e. The molecule has 0 aliphatic rings. The van der Waals surface area contributed by atoms with Gasteiger partial charge in [-0.25, -0.2) is 0 Å². The second-order valence-electron chi connectivity index (χ2n) is 4.65. The Kier molecular flexibility index (Phi) is 5.14. The van der Waals surface area contributed by atoms with Crippen LogP contribution >= 0.6 is 11.6 Å². The second-order valence-corrected chi connectivity index (χ2v) is 5.09. The maximum absolute atomic E-state index is 8.78. The van der Waals surface area contributed by atoms with Gasteiger partial charge in [0.2, 0.25) is 0 Å². The molecule has 1 heterocycles. The van der Waals surface area contributed by atoms with E-state index in [9.17, 15) is 0 Å². The predicted octanol–water partition coefficient (Wildman–Crippen LogP) is 2.68. The minimum atomic E-state index is 0.00606. The van der Waals surface area contributed by atoms with Crippen LogP contribution in [0.15, 0.2) is 47.8 Å². The maximum atomic E-state index is 8.78. The van der Waals surface area contributed by atoms with Crippen LogP contribution in [0.3, 0.4) is 0 Å². The fraction of sp³-hybridized carbons (Fsp3) is 0.200. The second kappa shape index (κ2) is 7.06. The lowest BCUT2D eigenvalue weighted by molar-refractivity contribution is 0.318. The van der Waals surface area contributed by atoms with E-state index in [2.05, 4.69) is 22.4 Å². The Morgan fingerprint density at radius 3 is 2.76 bits per heavy atom. The molecule has 2 aromatic rings. The summed E-state index contributed by atoms with van der Waals surface area (Å²) in [6, 6.07) is 11.5. The Bertz CT molecular complexity index is 628. The van der Waals surface area contributed by atoms with Crippen LogP contribution in [0.5, 0.6) is 0 Å². The number of oxime groups is 1. The molecular weight excluding hydrogens is 288 g/mol. The fourth-order valence-corrected chi connectivity index (χ4v) is 2.12. The van der Waals surface area contributed by atoms with Crippen molar-refractivity contribution in [3.63, 3.8) is 0 Å². The summed E-state index contributed by atoms with van der Waals surface area (Å²) < 4.78 is 0. The Balaban J connectivity index is 2.08. The van der Waals surface area contributed by atoms with E-state index in [1.54, 1.807) is 6.20 Å². The molecule has 1 aromatic heterocycles. The van der Waals surface area contributed by atoms with Crippen molar-refractivity contribution in [2.75, 3.05) is 0 Å². The van der Waals surface area contributed by atoms with Gasteiger partial charge in [0.25, 0.3) is 0 Å². The average Bonchev–Trinajstić information content (AvgIpc) is 2.52. The normalized spacial score (nSPS) is 13.1. The highest BCUT2D eigenvalue weighted by Gasteiger charge is 2.10. The van der Waals surface area contributed by atoms with Gasteiger partial charge in [0.1, 0.15) is 5.69 Å². The molecule has 0 unspecified atom stereocenters. The summed E-state index contributed by atoms with van der Waals surface area (Å²) >= 11 is 5.88. The zero-order chi connectivity index (χ0) is 15.2. The van der Waals surface area contributed by atoms with E-state index in [-0.39, 0.29) is 11.9 Å². The summed E-state index contributed by atoms with van der Waals surface area (Å²) in [5.74, 6) is 0.00606. The third-order valence-corrected chi connectivity index (χ3v) is 3.46. The van der Waals surface area contributed by atoms with Gasteiger partial charge < -0.3 is 16.3 Å². The van der Waals surface area contributed by atoms with Crippen molar-refractivity contribution >= 4 is 17.4 Å². The van der Waals surface area contributed by atoms with Crippen LogP contribution in [0.1, 0.15) is 29.8 Å². The molecule has 0 spiro atoms. The number of halogens is 1. The van der Waals surface area contributed by atoms with Crippen molar-refractivity contribution < 1.29 is 5.21 Å². The Morgan fingerprint density at radius 1 is 1.38 bits per heavy atom. The zero-order valence-electron chi connectivity index (χ0n) is 11.6. The van der Waals surface area contributed by atoms with Crippen LogP contribution in [0, 0.1) is 0 Å². The number of pyridine rings is 1. The van der Waals surface area contributed by atoms with E-state index in [1.165, 1.54) is 0 Å². The molecule has 6 heteroatoms. The van der Waals surface area contributed by atoms with Gasteiger partial charge >= 0.3 is 0 Å². The first-order valence-corrected chi connectivity index (χ1v) is 6.90. The Labute approximate surface area is 128 Å². The van der Waals surface area contributed by atoms with Gasteiger partial charge in [-0.15, -0.1) is 0 Å². The molecule has 4 N–H and O–H groups in total. The molecule has 0 saturated heterocycles. The zero-order valence-corrected chi connectivity index (χ0v) is 12.4. The molecule has 0 saturated carbocycles. The molecule has 0 fully saturated rings. The number of rotatable bonds is 5. The minimum absolute atomic E-state index is 0.00606. The molecule has 21 heavy (non-hydrogen) atoms. The first-order valence-electron chi connectivity index (χ1n) is 6.52. The van der Waals surface area contributed by atoms with Crippen molar-refractivity contribution in [3.05, 3.63) is 64.4 Å². The van der Waals surface area contributed by atoms with Crippen molar-refractivity contribution in [2.45, 2.75) is 19.5 Å². The summed E-state index contributed by atoms with van der Waals surface area (Å²) in [5, 5.41) is 15.9. The smallest absolute Gasteiger partial charge is 0.189 e. The Hall–Kier alpha value is -2.11. The number of aromatic nitrogens is 1. The van der Waals surface area contributed by atoms with Gasteiger partial charge in [0.05, 0.1) is 0 Å². The predicted molar refractivity (Wildman–Crippen MR) is 83.5 cm³/mol. The largest absolute Gasteiger partial charge is 0.409 e. The summed E-state index contributed by atoms with van der Waals surface area (Å²) in [6.45, 7) is 2.62. The molecule has 0 radical (unpaired) electrons. The molecule has 0 bridgehead atoms. The van der Waals surface area contributed by atoms with E-state index in [0.717, 1.165) is 11.1 Å². The standard InChI is InChI=1S/C15H17ClN4O/c1-10(11-4-6-13(16)7-5-11)19-9-12-3-2-8-18-14(12)15(17)20-21/h2-8,10,19,21H,9H2,1H3,(H2,17,20)/t10-/m1/s1. The van der Waals surface area contributed by atoms with E-state index in [4.69, 9.17) is 22.5 Å². The molecular formula is C15H17ClN4O. The van der Waals surface area contributed by atoms with Gasteiger partial charge in [-0.3, -0.25) is 4.98 Å². The summed E-state index contributed by atoms with van der Waals surface area (Å²) in [7, 11) is 0. The van der Waals surface area contributed by atoms with Crippen LogP contribution < -0.4 is 11.1 Å². The van der Waals surface area contributed by atoms with E-state index in [0.29, 0.717) is 17.3 Å². The molecule has 2 rings (SSSR count). The lowest BCUT2D eigenvalue weighted by Crippen LogP contribution is -2.23. The first-order chi connectivity index (χ1) is 10.1. The number of benzene rings is 1. The van der Waals surface area contributed by atoms with E-state index in [1.807, 2.05) is 36.4 Å². The monoisotopic (exact) mass is 304 g/mol. The number of nitrogens with two attached hydrogens (primary N) is 1. The van der Waals surface area contributed by atoms with Crippen molar-refractivity contribution in [1.82, 2.24) is 10.3 Å². The molecule has 0 aliphatic heterocycles. The van der Waals surface area contributed by atoms with Crippen LogP contribution in [-0.2, 0) is 6.54 Å². The number of amidine groups is 1. The molecule has 0 aliphatic carbocycles. The average molecular weight is 305 g/mol. The van der Waals surface area contributed by atoms with E-state index >= 15 is 0 Å². The highest BCUT2D eigenvalue weighted by Crippen LogP contribution is 2.17. The number of nitrogens with one attached hydrogen (secondary N) is 1. The van der Waals surface area contributed by atoms with Gasteiger partial charge in [-0.1, -0.05) is 35.0 Å². The quantitative estimate of drug-likeness (QED) is 0.343. The number of hydrogen-bond acceptors (Lipinski definition) is 4. The van der Waals surface area contributed by atoms with Crippen LogP contribution in [0.25, 0.3) is 0 Å². The van der Waals surface area contributed by atoms with Crippen molar-refractivity contribution in [1.29, 1.82) is 0 Å². The number of hydrogen-bond donors (Lipinski definition) is 3. The molecule has 0 amide bonds. The summed E-state index contributed by atoms with van der Waals surface area (Å²) in [5.41, 5.74) is 8.11. The van der Waals surface area contributed by atoms with Crippen molar-refractivity contribution in [3.8, 4) is 0 Å². The van der Waals surface area contributed by atoms with Gasteiger partial charge in [-0.2, -0.15) is 0 Å². The van der Waals surface area contributed by atoms with Crippen LogP contribution in [0.2, 0.25) is 5.02 Å². The van der Waals surface area contributed by atoms with Crippen molar-refractivity contribution in [2.24, 2.45) is 10.9 Å².